The minimum atomic E-state index is -1.09. The standard InChI is InChI=1S/C17H21NO4/c1-3-8-22-10-15(17(20)21)18-16(19)14-9-13(14)12-7-5-4-6-11(12)2/h3-7,13-15H,1,8-10H2,2H3,(H,18,19)(H,20,21). The Labute approximate surface area is 130 Å². The first-order valence-electron chi connectivity index (χ1n) is 7.32. The van der Waals surface area contributed by atoms with Gasteiger partial charge in [0.1, 0.15) is 0 Å². The SMILES string of the molecule is C=CCOCC(NC(=O)C1CC1c1ccccc1C)C(=O)O. The number of aliphatic carboxylic acids is 1. The van der Waals surface area contributed by atoms with E-state index in [1.807, 2.05) is 31.2 Å². The first-order chi connectivity index (χ1) is 10.5. The van der Waals surface area contributed by atoms with Crippen molar-refractivity contribution >= 4 is 11.9 Å². The lowest BCUT2D eigenvalue weighted by Crippen LogP contribution is -2.44. The minimum Gasteiger partial charge on any atom is -0.480 e. The van der Waals surface area contributed by atoms with Crippen LogP contribution in [0.4, 0.5) is 0 Å². The average molecular weight is 303 g/mol. The molecule has 0 saturated heterocycles. The number of carboxylic acid groups (broad SMARTS) is 1. The number of nitrogens with one attached hydrogen (secondary N) is 1. The lowest BCUT2D eigenvalue weighted by Gasteiger charge is -2.14. The molecule has 1 fully saturated rings. The molecule has 0 aromatic heterocycles. The van der Waals surface area contributed by atoms with Crippen molar-refractivity contribution in [2.45, 2.75) is 25.3 Å². The van der Waals surface area contributed by atoms with Crippen LogP contribution < -0.4 is 5.32 Å². The normalized spacial score (nSPS) is 21.0. The van der Waals surface area contributed by atoms with Crippen LogP contribution in [-0.4, -0.2) is 36.2 Å². The van der Waals surface area contributed by atoms with Gasteiger partial charge in [-0.3, -0.25) is 4.79 Å². The molecule has 3 atom stereocenters. The molecule has 0 bridgehead atoms. The lowest BCUT2D eigenvalue weighted by atomic mass is 10.0. The van der Waals surface area contributed by atoms with Crippen LogP contribution in [-0.2, 0) is 14.3 Å². The first kappa shape index (κ1) is 16.2. The second kappa shape index (κ2) is 7.22. The van der Waals surface area contributed by atoms with Gasteiger partial charge in [-0.2, -0.15) is 0 Å². The molecule has 1 amide bonds. The van der Waals surface area contributed by atoms with Gasteiger partial charge in [0.05, 0.1) is 13.2 Å². The Morgan fingerprint density at radius 2 is 2.23 bits per heavy atom. The summed E-state index contributed by atoms with van der Waals surface area (Å²) in [6, 6.07) is 6.94. The van der Waals surface area contributed by atoms with Crippen LogP contribution in [0.25, 0.3) is 0 Å². The molecule has 5 heteroatoms. The molecule has 1 aromatic carbocycles. The third-order valence-electron chi connectivity index (χ3n) is 3.85. The highest BCUT2D eigenvalue weighted by atomic mass is 16.5. The molecule has 0 spiro atoms. The van der Waals surface area contributed by atoms with Gasteiger partial charge >= 0.3 is 5.97 Å². The molecule has 0 heterocycles. The summed E-state index contributed by atoms with van der Waals surface area (Å²) in [5, 5.41) is 11.7. The zero-order valence-electron chi connectivity index (χ0n) is 12.6. The molecular weight excluding hydrogens is 282 g/mol. The molecule has 1 saturated carbocycles. The molecule has 1 aliphatic rings. The summed E-state index contributed by atoms with van der Waals surface area (Å²) >= 11 is 0. The number of ether oxygens (including phenoxy) is 1. The van der Waals surface area contributed by atoms with E-state index in [0.29, 0.717) is 0 Å². The largest absolute Gasteiger partial charge is 0.480 e. The smallest absolute Gasteiger partial charge is 0.328 e. The number of rotatable bonds is 8. The Bertz CT molecular complexity index is 570. The van der Waals surface area contributed by atoms with Crippen molar-refractivity contribution in [3.05, 3.63) is 48.0 Å². The highest BCUT2D eigenvalue weighted by molar-refractivity contribution is 5.87. The molecule has 3 unspecified atom stereocenters. The van der Waals surface area contributed by atoms with Crippen LogP contribution >= 0.6 is 0 Å². The maximum absolute atomic E-state index is 12.2. The van der Waals surface area contributed by atoms with Crippen LogP contribution in [0, 0.1) is 12.8 Å². The van der Waals surface area contributed by atoms with Crippen molar-refractivity contribution in [3.8, 4) is 0 Å². The third kappa shape index (κ3) is 3.95. The summed E-state index contributed by atoms with van der Waals surface area (Å²) in [6.45, 7) is 5.71. The quantitative estimate of drug-likeness (QED) is 0.568. The van der Waals surface area contributed by atoms with Crippen LogP contribution in [0.2, 0.25) is 0 Å². The van der Waals surface area contributed by atoms with Gasteiger partial charge in [0.25, 0.3) is 0 Å². The second-order valence-electron chi connectivity index (χ2n) is 5.53. The van der Waals surface area contributed by atoms with E-state index in [2.05, 4.69) is 11.9 Å². The fourth-order valence-corrected chi connectivity index (χ4v) is 2.55. The number of carboxylic acids is 1. The van der Waals surface area contributed by atoms with E-state index in [1.165, 1.54) is 6.08 Å². The van der Waals surface area contributed by atoms with E-state index in [-0.39, 0.29) is 31.0 Å². The van der Waals surface area contributed by atoms with Crippen LogP contribution in [0.3, 0.4) is 0 Å². The van der Waals surface area contributed by atoms with Crippen molar-refractivity contribution in [1.29, 1.82) is 0 Å². The number of carbonyl (C=O) groups excluding carboxylic acids is 1. The van der Waals surface area contributed by atoms with E-state index >= 15 is 0 Å². The zero-order valence-corrected chi connectivity index (χ0v) is 12.6. The van der Waals surface area contributed by atoms with Gasteiger partial charge in [-0.1, -0.05) is 30.3 Å². The van der Waals surface area contributed by atoms with Crippen molar-refractivity contribution in [1.82, 2.24) is 5.32 Å². The van der Waals surface area contributed by atoms with Gasteiger partial charge in [-0.25, -0.2) is 4.79 Å². The van der Waals surface area contributed by atoms with Gasteiger partial charge in [0, 0.05) is 5.92 Å². The number of carbonyl (C=O) groups is 2. The molecule has 22 heavy (non-hydrogen) atoms. The van der Waals surface area contributed by atoms with Gasteiger partial charge in [-0.05, 0) is 30.4 Å². The zero-order chi connectivity index (χ0) is 16.1. The summed E-state index contributed by atoms with van der Waals surface area (Å²) < 4.78 is 5.12. The minimum absolute atomic E-state index is 0.0607. The molecule has 2 rings (SSSR count). The Kier molecular flexibility index (Phi) is 5.33. The highest BCUT2D eigenvalue weighted by Gasteiger charge is 2.45. The van der Waals surface area contributed by atoms with Crippen molar-refractivity contribution in [3.63, 3.8) is 0 Å². The summed E-state index contributed by atoms with van der Waals surface area (Å²) in [5.74, 6) is -1.28. The Morgan fingerprint density at radius 3 is 2.86 bits per heavy atom. The highest BCUT2D eigenvalue weighted by Crippen LogP contribution is 2.48. The van der Waals surface area contributed by atoms with Gasteiger partial charge in [-0.15, -0.1) is 6.58 Å². The molecule has 118 valence electrons. The van der Waals surface area contributed by atoms with Gasteiger partial charge in [0.15, 0.2) is 6.04 Å². The van der Waals surface area contributed by atoms with Crippen LogP contribution in [0.15, 0.2) is 36.9 Å². The van der Waals surface area contributed by atoms with E-state index in [0.717, 1.165) is 17.5 Å². The maximum Gasteiger partial charge on any atom is 0.328 e. The molecule has 0 radical (unpaired) electrons. The molecular formula is C17H21NO4. The van der Waals surface area contributed by atoms with E-state index in [9.17, 15) is 9.59 Å². The van der Waals surface area contributed by atoms with Crippen molar-refractivity contribution < 1.29 is 19.4 Å². The monoisotopic (exact) mass is 303 g/mol. The third-order valence-corrected chi connectivity index (χ3v) is 3.85. The summed E-state index contributed by atoms with van der Waals surface area (Å²) in [6.07, 6.45) is 2.30. The first-order valence-corrected chi connectivity index (χ1v) is 7.32. The summed E-state index contributed by atoms with van der Waals surface area (Å²) in [5.41, 5.74) is 2.32. The topological polar surface area (TPSA) is 75.6 Å². The Hall–Kier alpha value is -2.14. The molecule has 1 aliphatic carbocycles. The number of hydrogen-bond donors (Lipinski definition) is 2. The summed E-state index contributed by atoms with van der Waals surface area (Å²) in [7, 11) is 0. The number of benzene rings is 1. The van der Waals surface area contributed by atoms with Crippen molar-refractivity contribution in [2.75, 3.05) is 13.2 Å². The van der Waals surface area contributed by atoms with E-state index in [4.69, 9.17) is 9.84 Å². The Balaban J connectivity index is 1.91. The molecule has 2 N–H and O–H groups in total. The van der Waals surface area contributed by atoms with Crippen LogP contribution in [0.1, 0.15) is 23.5 Å². The predicted molar refractivity (Wildman–Crippen MR) is 82.6 cm³/mol. The van der Waals surface area contributed by atoms with Gasteiger partial charge in [0.2, 0.25) is 5.91 Å². The second-order valence-corrected chi connectivity index (χ2v) is 5.53. The number of hydrogen-bond acceptors (Lipinski definition) is 3. The fraction of sp³-hybridized carbons (Fsp3) is 0.412. The average Bonchev–Trinajstić information content (AvgIpc) is 3.27. The number of amides is 1. The molecule has 0 aliphatic heterocycles. The van der Waals surface area contributed by atoms with Crippen LogP contribution in [0.5, 0.6) is 0 Å². The molecule has 5 nitrogen and oxygen atoms in total. The maximum atomic E-state index is 12.2. The van der Waals surface area contributed by atoms with E-state index in [1.54, 1.807) is 0 Å². The predicted octanol–water partition coefficient (Wildman–Crippen LogP) is 1.87. The molecule has 1 aromatic rings. The van der Waals surface area contributed by atoms with E-state index < -0.39 is 12.0 Å². The summed E-state index contributed by atoms with van der Waals surface area (Å²) in [4.78, 5) is 23.4. The number of aryl methyl sites for hydroxylation is 1. The fourth-order valence-electron chi connectivity index (χ4n) is 2.55. The van der Waals surface area contributed by atoms with Crippen molar-refractivity contribution in [2.24, 2.45) is 5.92 Å². The lowest BCUT2D eigenvalue weighted by molar-refractivity contribution is -0.143. The van der Waals surface area contributed by atoms with Gasteiger partial charge < -0.3 is 15.2 Å². The Morgan fingerprint density at radius 1 is 1.50 bits per heavy atom.